The molecular formula is C25H33N3O6. The number of carbonyl (C=O) groups is 2. The molecule has 0 aliphatic carbocycles. The Balaban J connectivity index is 2.26. The molecule has 0 aromatic heterocycles. The lowest BCUT2D eigenvalue weighted by Crippen LogP contribution is -2.51. The molecule has 0 unspecified atom stereocenters. The van der Waals surface area contributed by atoms with E-state index in [4.69, 9.17) is 9.47 Å². The van der Waals surface area contributed by atoms with Gasteiger partial charge in [-0.1, -0.05) is 38.1 Å². The highest BCUT2D eigenvalue weighted by Crippen LogP contribution is 2.30. The van der Waals surface area contributed by atoms with Crippen molar-refractivity contribution >= 4 is 17.5 Å². The summed E-state index contributed by atoms with van der Waals surface area (Å²) in [7, 11) is 1.32. The lowest BCUT2D eigenvalue weighted by Gasteiger charge is -2.31. The number of amides is 2. The van der Waals surface area contributed by atoms with Crippen LogP contribution in [-0.4, -0.2) is 47.4 Å². The van der Waals surface area contributed by atoms with Gasteiger partial charge in [-0.15, -0.1) is 0 Å². The number of nitrogens with zero attached hydrogens (tertiary/aromatic N) is 2. The Morgan fingerprint density at radius 2 is 1.85 bits per heavy atom. The second-order valence-corrected chi connectivity index (χ2v) is 8.07. The first kappa shape index (κ1) is 26.6. The second kappa shape index (κ2) is 12.6. The van der Waals surface area contributed by atoms with E-state index in [-0.39, 0.29) is 48.2 Å². The maximum Gasteiger partial charge on any atom is 0.311 e. The summed E-state index contributed by atoms with van der Waals surface area (Å²) in [5.41, 5.74) is 1.75. The van der Waals surface area contributed by atoms with Crippen LogP contribution in [0.1, 0.15) is 44.7 Å². The minimum atomic E-state index is -0.670. The van der Waals surface area contributed by atoms with Crippen molar-refractivity contribution in [2.45, 2.75) is 59.2 Å². The Morgan fingerprint density at radius 1 is 1.15 bits per heavy atom. The highest BCUT2D eigenvalue weighted by atomic mass is 16.6. The average Bonchev–Trinajstić information content (AvgIpc) is 2.82. The van der Waals surface area contributed by atoms with Gasteiger partial charge >= 0.3 is 5.69 Å². The van der Waals surface area contributed by atoms with Gasteiger partial charge in [-0.2, -0.15) is 0 Å². The third-order valence-corrected chi connectivity index (χ3v) is 5.70. The number of nitrogens with one attached hydrogen (secondary N) is 1. The van der Waals surface area contributed by atoms with Gasteiger partial charge in [-0.05, 0) is 43.9 Å². The summed E-state index contributed by atoms with van der Waals surface area (Å²) < 4.78 is 10.7. The van der Waals surface area contributed by atoms with Gasteiger partial charge in [0.05, 0.1) is 12.0 Å². The Bertz CT molecular complexity index is 1010. The van der Waals surface area contributed by atoms with Gasteiger partial charge < -0.3 is 19.7 Å². The molecule has 184 valence electrons. The maximum atomic E-state index is 13.3. The molecule has 2 aromatic carbocycles. The number of nitro groups is 1. The molecule has 0 radical (unpaired) electrons. The quantitative estimate of drug-likeness (QED) is 0.370. The van der Waals surface area contributed by atoms with E-state index in [1.54, 1.807) is 0 Å². The number of hydrogen-bond acceptors (Lipinski definition) is 6. The number of aryl methyl sites for hydroxylation is 1. The number of rotatable bonds is 12. The molecule has 2 amide bonds. The lowest BCUT2D eigenvalue weighted by atomic mass is 10.1. The van der Waals surface area contributed by atoms with E-state index < -0.39 is 11.0 Å². The van der Waals surface area contributed by atoms with Gasteiger partial charge in [0.2, 0.25) is 11.7 Å². The van der Waals surface area contributed by atoms with Crippen LogP contribution in [0.25, 0.3) is 0 Å². The molecule has 0 fully saturated rings. The van der Waals surface area contributed by atoms with E-state index in [0.29, 0.717) is 6.42 Å². The molecule has 0 aliphatic heterocycles. The molecule has 34 heavy (non-hydrogen) atoms. The Morgan fingerprint density at radius 3 is 2.44 bits per heavy atom. The molecule has 2 aromatic rings. The van der Waals surface area contributed by atoms with Gasteiger partial charge in [0.15, 0.2) is 6.61 Å². The van der Waals surface area contributed by atoms with Gasteiger partial charge in [-0.3, -0.25) is 19.7 Å². The van der Waals surface area contributed by atoms with E-state index in [9.17, 15) is 19.7 Å². The summed E-state index contributed by atoms with van der Waals surface area (Å²) in [5.74, 6) is -0.294. The van der Waals surface area contributed by atoms with Crippen molar-refractivity contribution in [1.29, 1.82) is 0 Å². The molecule has 0 bridgehead atoms. The number of hydrogen-bond donors (Lipinski definition) is 1. The summed E-state index contributed by atoms with van der Waals surface area (Å²) in [6.45, 7) is 7.64. The average molecular weight is 472 g/mol. The van der Waals surface area contributed by atoms with Crippen LogP contribution in [0.3, 0.4) is 0 Å². The first-order chi connectivity index (χ1) is 16.2. The van der Waals surface area contributed by atoms with Crippen LogP contribution in [0.2, 0.25) is 0 Å². The third-order valence-electron chi connectivity index (χ3n) is 5.70. The van der Waals surface area contributed by atoms with Crippen LogP contribution in [0.5, 0.6) is 11.5 Å². The fourth-order valence-corrected chi connectivity index (χ4v) is 3.46. The molecule has 2 atom stereocenters. The van der Waals surface area contributed by atoms with Crippen molar-refractivity contribution < 1.29 is 24.0 Å². The highest BCUT2D eigenvalue weighted by Gasteiger charge is 2.30. The fourth-order valence-electron chi connectivity index (χ4n) is 3.46. The minimum absolute atomic E-state index is 0.0132. The standard InChI is InChI=1S/C25H33N3O6/c1-6-18(4)26-25(30)21(7-2)27(15-19-11-9-8-10-17(19)3)24(29)16-34-20-12-13-22(28(31)32)23(14-20)33-5/h8-14,18,21H,6-7,15-16H2,1-5H3,(H,26,30)/t18-,21-/m1/s1. The predicted molar refractivity (Wildman–Crippen MR) is 129 cm³/mol. The molecule has 0 aliphatic rings. The zero-order valence-corrected chi connectivity index (χ0v) is 20.4. The topological polar surface area (TPSA) is 111 Å². The Hall–Kier alpha value is -3.62. The smallest absolute Gasteiger partial charge is 0.311 e. The van der Waals surface area contributed by atoms with Crippen LogP contribution in [0.4, 0.5) is 5.69 Å². The molecule has 2 rings (SSSR count). The fraction of sp³-hybridized carbons (Fsp3) is 0.440. The first-order valence-electron chi connectivity index (χ1n) is 11.3. The zero-order valence-electron chi connectivity index (χ0n) is 20.4. The minimum Gasteiger partial charge on any atom is -0.490 e. The van der Waals surface area contributed by atoms with Crippen LogP contribution >= 0.6 is 0 Å². The Labute approximate surface area is 200 Å². The molecule has 0 saturated heterocycles. The van der Waals surface area contributed by atoms with Gasteiger partial charge in [0.25, 0.3) is 5.91 Å². The van der Waals surface area contributed by atoms with Crippen LogP contribution < -0.4 is 14.8 Å². The molecule has 1 N–H and O–H groups in total. The molecule has 0 spiro atoms. The number of carbonyl (C=O) groups excluding carboxylic acids is 2. The Kier molecular flexibility index (Phi) is 9.85. The van der Waals surface area contributed by atoms with E-state index in [2.05, 4.69) is 5.32 Å². The highest BCUT2D eigenvalue weighted by molar-refractivity contribution is 5.88. The molecular weight excluding hydrogens is 438 g/mol. The van der Waals surface area contributed by atoms with Crippen molar-refractivity contribution in [3.8, 4) is 11.5 Å². The van der Waals surface area contributed by atoms with Crippen molar-refractivity contribution in [1.82, 2.24) is 10.2 Å². The molecule has 9 heteroatoms. The first-order valence-corrected chi connectivity index (χ1v) is 11.3. The SMILES string of the molecule is CC[C@@H](C)NC(=O)[C@@H](CC)N(Cc1ccccc1C)C(=O)COc1ccc([N+](=O)[O-])c(OC)c1. The van der Waals surface area contributed by atoms with Crippen molar-refractivity contribution in [2.75, 3.05) is 13.7 Å². The molecule has 0 heterocycles. The van der Waals surface area contributed by atoms with E-state index in [1.807, 2.05) is 52.0 Å². The summed E-state index contributed by atoms with van der Waals surface area (Å²) in [6, 6.07) is 11.1. The maximum absolute atomic E-state index is 13.3. The summed E-state index contributed by atoms with van der Waals surface area (Å²) in [5, 5.41) is 14.1. The zero-order chi connectivity index (χ0) is 25.3. The van der Waals surface area contributed by atoms with Crippen molar-refractivity contribution in [3.05, 3.63) is 63.7 Å². The van der Waals surface area contributed by atoms with Gasteiger partial charge in [0, 0.05) is 24.7 Å². The van der Waals surface area contributed by atoms with Crippen LogP contribution in [0, 0.1) is 17.0 Å². The van der Waals surface area contributed by atoms with E-state index >= 15 is 0 Å². The van der Waals surface area contributed by atoms with Gasteiger partial charge in [0.1, 0.15) is 11.8 Å². The number of ether oxygens (including phenoxy) is 2. The third kappa shape index (κ3) is 6.94. The van der Waals surface area contributed by atoms with E-state index in [0.717, 1.165) is 17.5 Å². The largest absolute Gasteiger partial charge is 0.490 e. The normalized spacial score (nSPS) is 12.4. The molecule has 0 saturated carbocycles. The van der Waals surface area contributed by atoms with Gasteiger partial charge in [-0.25, -0.2) is 0 Å². The van der Waals surface area contributed by atoms with E-state index in [1.165, 1.54) is 30.2 Å². The summed E-state index contributed by atoms with van der Waals surface area (Å²) in [4.78, 5) is 38.4. The number of methoxy groups -OCH3 is 1. The second-order valence-electron chi connectivity index (χ2n) is 8.07. The predicted octanol–water partition coefficient (Wildman–Crippen LogP) is 4.01. The summed E-state index contributed by atoms with van der Waals surface area (Å²) >= 11 is 0. The lowest BCUT2D eigenvalue weighted by molar-refractivity contribution is -0.385. The summed E-state index contributed by atoms with van der Waals surface area (Å²) in [6.07, 6.45) is 1.21. The number of nitro benzene ring substituents is 1. The van der Waals surface area contributed by atoms with Crippen LogP contribution in [0.15, 0.2) is 42.5 Å². The monoisotopic (exact) mass is 471 g/mol. The molecule has 9 nitrogen and oxygen atoms in total. The number of benzene rings is 2. The van der Waals surface area contributed by atoms with Crippen molar-refractivity contribution in [3.63, 3.8) is 0 Å². The van der Waals surface area contributed by atoms with Crippen molar-refractivity contribution in [2.24, 2.45) is 0 Å². The van der Waals surface area contributed by atoms with Crippen LogP contribution in [-0.2, 0) is 16.1 Å².